The molecule has 0 aliphatic rings. The molecular formula is C24H21ClO4. The number of hydrogen-bond acceptors (Lipinski definition) is 4. The van der Waals surface area contributed by atoms with Crippen molar-refractivity contribution in [1.29, 1.82) is 0 Å². The van der Waals surface area contributed by atoms with Crippen LogP contribution in [0, 0.1) is 0 Å². The summed E-state index contributed by atoms with van der Waals surface area (Å²) in [6.07, 6.45) is 3.30. The number of ether oxygens (including phenoxy) is 3. The molecule has 29 heavy (non-hydrogen) atoms. The standard InChI is InChI=1S/C24H21ClO4/c1-27-23-14-8-19(15-24(23)28-2)22(26)13-7-17-5-11-21(12-6-17)29-16-18-3-9-20(25)10-4-18/h3-15H,16H2,1-2H3. The Morgan fingerprint density at radius 2 is 1.59 bits per heavy atom. The van der Waals surface area contributed by atoms with Crippen LogP contribution in [-0.4, -0.2) is 20.0 Å². The van der Waals surface area contributed by atoms with Crippen molar-refractivity contribution in [3.8, 4) is 17.2 Å². The zero-order valence-electron chi connectivity index (χ0n) is 16.2. The summed E-state index contributed by atoms with van der Waals surface area (Å²) < 4.78 is 16.2. The number of carbonyl (C=O) groups excluding carboxylic acids is 1. The van der Waals surface area contributed by atoms with Gasteiger partial charge in [-0.05, 0) is 59.7 Å². The predicted molar refractivity (Wildman–Crippen MR) is 115 cm³/mol. The van der Waals surface area contributed by atoms with Crippen molar-refractivity contribution < 1.29 is 19.0 Å². The van der Waals surface area contributed by atoms with E-state index in [9.17, 15) is 4.79 Å². The zero-order chi connectivity index (χ0) is 20.6. The fraction of sp³-hybridized carbons (Fsp3) is 0.125. The highest BCUT2D eigenvalue weighted by Gasteiger charge is 2.08. The number of ketones is 1. The molecule has 0 aromatic heterocycles. The average molecular weight is 409 g/mol. The normalized spacial score (nSPS) is 10.7. The van der Waals surface area contributed by atoms with Crippen LogP contribution in [0.3, 0.4) is 0 Å². The van der Waals surface area contributed by atoms with Gasteiger partial charge in [-0.2, -0.15) is 0 Å². The second-order valence-electron chi connectivity index (χ2n) is 6.25. The summed E-state index contributed by atoms with van der Waals surface area (Å²) >= 11 is 5.88. The number of benzene rings is 3. The molecule has 0 N–H and O–H groups in total. The van der Waals surface area contributed by atoms with Crippen LogP contribution in [-0.2, 0) is 6.61 Å². The first-order valence-corrected chi connectivity index (χ1v) is 9.38. The smallest absolute Gasteiger partial charge is 0.185 e. The number of carbonyl (C=O) groups is 1. The highest BCUT2D eigenvalue weighted by Crippen LogP contribution is 2.28. The van der Waals surface area contributed by atoms with Crippen LogP contribution < -0.4 is 14.2 Å². The second kappa shape index (κ2) is 9.80. The Morgan fingerprint density at radius 3 is 2.24 bits per heavy atom. The molecule has 0 spiro atoms. The van der Waals surface area contributed by atoms with Crippen molar-refractivity contribution in [2.75, 3.05) is 14.2 Å². The van der Waals surface area contributed by atoms with E-state index in [0.717, 1.165) is 16.9 Å². The monoisotopic (exact) mass is 408 g/mol. The van der Waals surface area contributed by atoms with Gasteiger partial charge in [0, 0.05) is 10.6 Å². The summed E-state index contributed by atoms with van der Waals surface area (Å²) in [6.45, 7) is 0.462. The van der Waals surface area contributed by atoms with Gasteiger partial charge in [-0.25, -0.2) is 0 Å². The number of allylic oxidation sites excluding steroid dienone is 1. The van der Waals surface area contributed by atoms with Gasteiger partial charge in [-0.3, -0.25) is 4.79 Å². The van der Waals surface area contributed by atoms with E-state index < -0.39 is 0 Å². The minimum absolute atomic E-state index is 0.117. The lowest BCUT2D eigenvalue weighted by Crippen LogP contribution is -1.97. The molecule has 0 amide bonds. The molecule has 5 heteroatoms. The molecule has 4 nitrogen and oxygen atoms in total. The fourth-order valence-electron chi connectivity index (χ4n) is 2.68. The molecule has 0 saturated carbocycles. The maximum atomic E-state index is 12.4. The Bertz CT molecular complexity index is 992. The molecule has 0 bridgehead atoms. The molecule has 3 rings (SSSR count). The molecule has 0 atom stereocenters. The third-order valence-electron chi connectivity index (χ3n) is 4.29. The number of halogens is 1. The fourth-order valence-corrected chi connectivity index (χ4v) is 2.81. The van der Waals surface area contributed by atoms with E-state index in [2.05, 4.69) is 0 Å². The third kappa shape index (κ3) is 5.62. The molecule has 0 saturated heterocycles. The quantitative estimate of drug-likeness (QED) is 0.347. The molecule has 3 aromatic rings. The molecule has 0 heterocycles. The van der Waals surface area contributed by atoms with Crippen LogP contribution in [0.1, 0.15) is 21.5 Å². The van der Waals surface area contributed by atoms with E-state index in [0.29, 0.717) is 28.7 Å². The van der Waals surface area contributed by atoms with Gasteiger partial charge in [0.05, 0.1) is 14.2 Å². The molecule has 0 unspecified atom stereocenters. The Morgan fingerprint density at radius 1 is 0.897 bits per heavy atom. The highest BCUT2D eigenvalue weighted by atomic mass is 35.5. The van der Waals surface area contributed by atoms with Gasteiger partial charge in [0.15, 0.2) is 17.3 Å². The zero-order valence-corrected chi connectivity index (χ0v) is 17.0. The van der Waals surface area contributed by atoms with E-state index in [4.69, 9.17) is 25.8 Å². The molecule has 0 radical (unpaired) electrons. The van der Waals surface area contributed by atoms with Gasteiger partial charge in [0.1, 0.15) is 12.4 Å². The maximum absolute atomic E-state index is 12.4. The van der Waals surface area contributed by atoms with Gasteiger partial charge in [-0.15, -0.1) is 0 Å². The van der Waals surface area contributed by atoms with Gasteiger partial charge < -0.3 is 14.2 Å². The SMILES string of the molecule is COc1ccc(C(=O)C=Cc2ccc(OCc3ccc(Cl)cc3)cc2)cc1OC. The van der Waals surface area contributed by atoms with E-state index in [-0.39, 0.29) is 5.78 Å². The van der Waals surface area contributed by atoms with E-state index in [1.54, 1.807) is 38.5 Å². The maximum Gasteiger partial charge on any atom is 0.185 e. The van der Waals surface area contributed by atoms with Gasteiger partial charge in [0.2, 0.25) is 0 Å². The summed E-state index contributed by atoms with van der Waals surface area (Å²) in [4.78, 5) is 12.4. The van der Waals surface area contributed by atoms with Crippen LogP contribution in [0.4, 0.5) is 0 Å². The summed E-state index contributed by atoms with van der Waals surface area (Å²) in [5, 5.41) is 0.701. The average Bonchev–Trinajstić information content (AvgIpc) is 2.77. The predicted octanol–water partition coefficient (Wildman–Crippen LogP) is 5.83. The Hall–Kier alpha value is -3.24. The topological polar surface area (TPSA) is 44.8 Å². The summed E-state index contributed by atoms with van der Waals surface area (Å²) in [6, 6.07) is 20.2. The van der Waals surface area contributed by atoms with Crippen LogP contribution >= 0.6 is 11.6 Å². The van der Waals surface area contributed by atoms with Crippen LogP contribution in [0.5, 0.6) is 17.2 Å². The van der Waals surface area contributed by atoms with E-state index in [1.165, 1.54) is 6.08 Å². The number of rotatable bonds is 8. The largest absolute Gasteiger partial charge is 0.493 e. The van der Waals surface area contributed by atoms with Crippen molar-refractivity contribution in [3.63, 3.8) is 0 Å². The van der Waals surface area contributed by atoms with Crippen LogP contribution in [0.25, 0.3) is 6.08 Å². The molecule has 3 aromatic carbocycles. The van der Waals surface area contributed by atoms with Crippen molar-refractivity contribution in [1.82, 2.24) is 0 Å². The second-order valence-corrected chi connectivity index (χ2v) is 6.69. The number of methoxy groups -OCH3 is 2. The third-order valence-corrected chi connectivity index (χ3v) is 4.55. The minimum Gasteiger partial charge on any atom is -0.493 e. The molecule has 0 fully saturated rings. The van der Waals surface area contributed by atoms with E-state index in [1.807, 2.05) is 48.5 Å². The van der Waals surface area contributed by atoms with Crippen molar-refractivity contribution >= 4 is 23.5 Å². The van der Waals surface area contributed by atoms with Gasteiger partial charge in [0.25, 0.3) is 0 Å². The first-order valence-electron chi connectivity index (χ1n) is 9.01. The minimum atomic E-state index is -0.117. The number of hydrogen-bond donors (Lipinski definition) is 0. The first kappa shape index (κ1) is 20.5. The van der Waals surface area contributed by atoms with Gasteiger partial charge >= 0.3 is 0 Å². The highest BCUT2D eigenvalue weighted by molar-refractivity contribution is 6.30. The van der Waals surface area contributed by atoms with Gasteiger partial charge in [-0.1, -0.05) is 41.9 Å². The van der Waals surface area contributed by atoms with Crippen molar-refractivity contribution in [2.24, 2.45) is 0 Å². The summed E-state index contributed by atoms with van der Waals surface area (Å²) in [5.74, 6) is 1.74. The van der Waals surface area contributed by atoms with Crippen molar-refractivity contribution in [3.05, 3.63) is 94.5 Å². The van der Waals surface area contributed by atoms with Crippen LogP contribution in [0.2, 0.25) is 5.02 Å². The Balaban J connectivity index is 1.60. The molecule has 148 valence electrons. The molecular weight excluding hydrogens is 388 g/mol. The lowest BCUT2D eigenvalue weighted by atomic mass is 10.1. The summed E-state index contributed by atoms with van der Waals surface area (Å²) in [7, 11) is 3.10. The Labute approximate surface area is 175 Å². The first-order chi connectivity index (χ1) is 14.1. The van der Waals surface area contributed by atoms with Crippen molar-refractivity contribution in [2.45, 2.75) is 6.61 Å². The summed E-state index contributed by atoms with van der Waals surface area (Å²) in [5.41, 5.74) is 2.47. The van der Waals surface area contributed by atoms with Crippen LogP contribution in [0.15, 0.2) is 72.8 Å². The van der Waals surface area contributed by atoms with E-state index >= 15 is 0 Å². The lowest BCUT2D eigenvalue weighted by molar-refractivity contribution is 0.104. The Kier molecular flexibility index (Phi) is 6.93. The molecule has 0 aliphatic carbocycles. The lowest BCUT2D eigenvalue weighted by Gasteiger charge is -2.08. The molecule has 0 aliphatic heterocycles.